The molecule has 0 saturated carbocycles. The van der Waals surface area contributed by atoms with Crippen molar-refractivity contribution in [3.8, 4) is 23.0 Å². The zero-order chi connectivity index (χ0) is 19.5. The standard InChI is InChI=1S/C22H18N2O4/c1-26-17-7-3-5-14(11-17)21(25)23-16-9-10-20-19(13-16)24-22(28-20)15-6-4-8-18(12-15)27-2/h3-13H,1-2H3,(H,23,25). The number of fused-ring (bicyclic) bond motifs is 1. The molecule has 4 rings (SSSR count). The quantitative estimate of drug-likeness (QED) is 0.545. The van der Waals surface area contributed by atoms with Crippen molar-refractivity contribution in [1.82, 2.24) is 4.98 Å². The number of nitrogens with zero attached hydrogens (tertiary/aromatic N) is 1. The normalized spacial score (nSPS) is 10.6. The van der Waals surface area contributed by atoms with Gasteiger partial charge in [-0.15, -0.1) is 0 Å². The molecule has 28 heavy (non-hydrogen) atoms. The van der Waals surface area contributed by atoms with Gasteiger partial charge in [0.25, 0.3) is 5.91 Å². The van der Waals surface area contributed by atoms with E-state index in [2.05, 4.69) is 10.3 Å². The average molecular weight is 374 g/mol. The Bertz CT molecular complexity index is 1150. The summed E-state index contributed by atoms with van der Waals surface area (Å²) in [5.41, 5.74) is 3.25. The fraction of sp³-hybridized carbons (Fsp3) is 0.0909. The van der Waals surface area contributed by atoms with Crippen molar-refractivity contribution in [3.63, 3.8) is 0 Å². The first-order valence-electron chi connectivity index (χ1n) is 8.67. The van der Waals surface area contributed by atoms with Gasteiger partial charge >= 0.3 is 0 Å². The van der Waals surface area contributed by atoms with Crippen LogP contribution in [0.5, 0.6) is 11.5 Å². The van der Waals surface area contributed by atoms with Crippen molar-refractivity contribution < 1.29 is 18.7 Å². The van der Waals surface area contributed by atoms with Gasteiger partial charge in [-0.3, -0.25) is 4.79 Å². The van der Waals surface area contributed by atoms with Crippen molar-refractivity contribution in [2.45, 2.75) is 0 Å². The van der Waals surface area contributed by atoms with Gasteiger partial charge in [0.2, 0.25) is 5.89 Å². The highest BCUT2D eigenvalue weighted by Gasteiger charge is 2.12. The molecule has 0 spiro atoms. The number of benzene rings is 3. The highest BCUT2D eigenvalue weighted by Crippen LogP contribution is 2.28. The number of ether oxygens (including phenoxy) is 2. The molecule has 0 unspecified atom stereocenters. The van der Waals surface area contributed by atoms with Crippen molar-refractivity contribution in [2.75, 3.05) is 19.5 Å². The Morgan fingerprint density at radius 2 is 1.68 bits per heavy atom. The molecule has 1 aromatic heterocycles. The Hall–Kier alpha value is -3.80. The molecule has 0 bridgehead atoms. The van der Waals surface area contributed by atoms with Gasteiger partial charge in [0.15, 0.2) is 5.58 Å². The fourth-order valence-electron chi connectivity index (χ4n) is 2.85. The summed E-state index contributed by atoms with van der Waals surface area (Å²) in [4.78, 5) is 17.0. The number of nitrogens with one attached hydrogen (secondary N) is 1. The number of oxazole rings is 1. The first-order chi connectivity index (χ1) is 13.7. The summed E-state index contributed by atoms with van der Waals surface area (Å²) in [6.45, 7) is 0. The summed E-state index contributed by atoms with van der Waals surface area (Å²) in [6, 6.07) is 19.8. The van der Waals surface area contributed by atoms with Gasteiger partial charge in [-0.2, -0.15) is 0 Å². The van der Waals surface area contributed by atoms with Crippen LogP contribution in [0.3, 0.4) is 0 Å². The van der Waals surface area contributed by atoms with Gasteiger partial charge in [-0.05, 0) is 54.6 Å². The maximum absolute atomic E-state index is 12.5. The first kappa shape index (κ1) is 17.6. The molecule has 1 heterocycles. The average Bonchev–Trinajstić information content (AvgIpc) is 3.17. The molecule has 1 N–H and O–H groups in total. The van der Waals surface area contributed by atoms with Gasteiger partial charge in [0.05, 0.1) is 14.2 Å². The molecule has 6 nitrogen and oxygen atoms in total. The van der Waals surface area contributed by atoms with Crippen molar-refractivity contribution in [1.29, 1.82) is 0 Å². The molecule has 6 heteroatoms. The van der Waals surface area contributed by atoms with Crippen LogP contribution in [-0.4, -0.2) is 25.1 Å². The zero-order valence-electron chi connectivity index (χ0n) is 15.4. The molecule has 0 fully saturated rings. The number of amides is 1. The van der Waals surface area contributed by atoms with Crippen LogP contribution in [0.15, 0.2) is 71.1 Å². The van der Waals surface area contributed by atoms with Crippen LogP contribution < -0.4 is 14.8 Å². The molecule has 3 aromatic carbocycles. The number of anilines is 1. The van der Waals surface area contributed by atoms with Gasteiger partial charge in [0, 0.05) is 16.8 Å². The van der Waals surface area contributed by atoms with E-state index in [1.807, 2.05) is 24.3 Å². The monoisotopic (exact) mass is 374 g/mol. The second-order valence-corrected chi connectivity index (χ2v) is 6.12. The number of hydrogen-bond donors (Lipinski definition) is 1. The minimum atomic E-state index is -0.227. The minimum absolute atomic E-state index is 0.227. The highest BCUT2D eigenvalue weighted by atomic mass is 16.5. The molecule has 0 aliphatic carbocycles. The maximum atomic E-state index is 12.5. The topological polar surface area (TPSA) is 73.6 Å². The van der Waals surface area contributed by atoms with Crippen LogP contribution in [0, 0.1) is 0 Å². The summed E-state index contributed by atoms with van der Waals surface area (Å²) in [5.74, 6) is 1.62. The van der Waals surface area contributed by atoms with Crippen LogP contribution >= 0.6 is 0 Å². The number of aromatic nitrogens is 1. The van der Waals surface area contributed by atoms with Gasteiger partial charge in [-0.25, -0.2) is 4.98 Å². The third-order valence-electron chi connectivity index (χ3n) is 4.29. The molecule has 140 valence electrons. The van der Waals surface area contributed by atoms with Gasteiger partial charge in [0.1, 0.15) is 17.0 Å². The smallest absolute Gasteiger partial charge is 0.255 e. The van der Waals surface area contributed by atoms with Crippen molar-refractivity contribution >= 4 is 22.7 Å². The summed E-state index contributed by atoms with van der Waals surface area (Å²) in [7, 11) is 3.18. The molecule has 4 aromatic rings. The zero-order valence-corrected chi connectivity index (χ0v) is 15.4. The van der Waals surface area contributed by atoms with E-state index in [9.17, 15) is 4.79 Å². The second-order valence-electron chi connectivity index (χ2n) is 6.12. The number of carbonyl (C=O) groups is 1. The summed E-state index contributed by atoms with van der Waals surface area (Å²) in [5, 5.41) is 2.87. The van der Waals surface area contributed by atoms with E-state index in [0.29, 0.717) is 34.0 Å². The lowest BCUT2D eigenvalue weighted by Crippen LogP contribution is -2.11. The summed E-state index contributed by atoms with van der Waals surface area (Å²) >= 11 is 0. The molecule has 0 saturated heterocycles. The third-order valence-corrected chi connectivity index (χ3v) is 4.29. The van der Waals surface area contributed by atoms with Gasteiger partial charge < -0.3 is 19.2 Å². The Kier molecular flexibility index (Phi) is 4.68. The largest absolute Gasteiger partial charge is 0.497 e. The van der Waals surface area contributed by atoms with E-state index in [1.165, 1.54) is 0 Å². The lowest BCUT2D eigenvalue weighted by molar-refractivity contribution is 0.102. The summed E-state index contributed by atoms with van der Waals surface area (Å²) < 4.78 is 16.2. The molecular weight excluding hydrogens is 356 g/mol. The maximum Gasteiger partial charge on any atom is 0.255 e. The first-order valence-corrected chi connectivity index (χ1v) is 8.67. The third kappa shape index (κ3) is 3.53. The Morgan fingerprint density at radius 1 is 0.929 bits per heavy atom. The SMILES string of the molecule is COc1cccc(C(=O)Nc2ccc3oc(-c4cccc(OC)c4)nc3c2)c1. The molecular formula is C22H18N2O4. The number of rotatable bonds is 5. The predicted molar refractivity (Wildman–Crippen MR) is 107 cm³/mol. The van der Waals surface area contributed by atoms with Crippen molar-refractivity contribution in [2.24, 2.45) is 0 Å². The Labute approximate surface area is 161 Å². The van der Waals surface area contributed by atoms with Crippen molar-refractivity contribution in [3.05, 3.63) is 72.3 Å². The van der Waals surface area contributed by atoms with Crippen LogP contribution in [0.25, 0.3) is 22.6 Å². The number of carbonyl (C=O) groups excluding carboxylic acids is 1. The van der Waals surface area contributed by atoms with Crippen LogP contribution in [0.4, 0.5) is 5.69 Å². The Morgan fingerprint density at radius 3 is 2.46 bits per heavy atom. The molecule has 0 aliphatic rings. The van der Waals surface area contributed by atoms with Gasteiger partial charge in [-0.1, -0.05) is 12.1 Å². The minimum Gasteiger partial charge on any atom is -0.497 e. The molecule has 1 amide bonds. The summed E-state index contributed by atoms with van der Waals surface area (Å²) in [6.07, 6.45) is 0. The highest BCUT2D eigenvalue weighted by molar-refractivity contribution is 6.05. The van der Waals surface area contributed by atoms with E-state index >= 15 is 0 Å². The molecule has 0 atom stereocenters. The number of methoxy groups -OCH3 is 2. The lowest BCUT2D eigenvalue weighted by Gasteiger charge is -2.06. The van der Waals surface area contributed by atoms with Crippen LogP contribution in [0.2, 0.25) is 0 Å². The van der Waals surface area contributed by atoms with E-state index < -0.39 is 0 Å². The van der Waals surface area contributed by atoms with Crippen LogP contribution in [0.1, 0.15) is 10.4 Å². The fourth-order valence-corrected chi connectivity index (χ4v) is 2.85. The lowest BCUT2D eigenvalue weighted by atomic mass is 10.2. The van der Waals surface area contributed by atoms with Crippen LogP contribution in [-0.2, 0) is 0 Å². The van der Waals surface area contributed by atoms with E-state index in [0.717, 1.165) is 11.3 Å². The molecule has 0 radical (unpaired) electrons. The predicted octanol–water partition coefficient (Wildman–Crippen LogP) is 4.76. The molecule has 0 aliphatic heterocycles. The second kappa shape index (κ2) is 7.44. The van der Waals surface area contributed by atoms with E-state index in [1.54, 1.807) is 56.7 Å². The van der Waals surface area contributed by atoms with E-state index in [-0.39, 0.29) is 5.91 Å². The number of hydrogen-bond acceptors (Lipinski definition) is 5. The Balaban J connectivity index is 1.60. The van der Waals surface area contributed by atoms with E-state index in [4.69, 9.17) is 13.9 Å².